The first-order valence-electron chi connectivity index (χ1n) is 9.26. The molecule has 29 heavy (non-hydrogen) atoms. The molecule has 1 N–H and O–H groups in total. The van der Waals surface area contributed by atoms with Crippen molar-refractivity contribution >= 4 is 11.8 Å². The third-order valence-electron chi connectivity index (χ3n) is 5.32. The van der Waals surface area contributed by atoms with E-state index in [2.05, 4.69) is 0 Å². The highest BCUT2D eigenvalue weighted by Gasteiger charge is 2.34. The van der Waals surface area contributed by atoms with Crippen molar-refractivity contribution in [2.45, 2.75) is 13.1 Å². The van der Waals surface area contributed by atoms with Crippen molar-refractivity contribution in [3.05, 3.63) is 63.1 Å². The number of carbonyl (C=O) groups excluding carboxylic acids is 2. The second-order valence-electron chi connectivity index (χ2n) is 7.20. The number of ether oxygens (including phenoxy) is 1. The van der Waals surface area contributed by atoms with E-state index in [1.54, 1.807) is 17.0 Å². The van der Waals surface area contributed by atoms with Gasteiger partial charge in [0.2, 0.25) is 5.43 Å². The van der Waals surface area contributed by atoms with Crippen LogP contribution < -0.4 is 10.4 Å². The van der Waals surface area contributed by atoms with Gasteiger partial charge in [0.05, 0.1) is 6.61 Å². The number of aromatic nitrogens is 1. The zero-order chi connectivity index (χ0) is 20.7. The number of rotatable bonds is 4. The van der Waals surface area contributed by atoms with E-state index in [4.69, 9.17) is 4.74 Å². The molecule has 0 aliphatic carbocycles. The largest absolute Gasteiger partial charge is 0.502 e. The Morgan fingerprint density at radius 2 is 1.83 bits per heavy atom. The first-order valence-corrected chi connectivity index (χ1v) is 9.26. The van der Waals surface area contributed by atoms with Crippen LogP contribution in [0.4, 0.5) is 0 Å². The van der Waals surface area contributed by atoms with Crippen molar-refractivity contribution in [2.75, 3.05) is 39.0 Å². The van der Waals surface area contributed by atoms with Crippen LogP contribution >= 0.6 is 0 Å². The second-order valence-corrected chi connectivity index (χ2v) is 7.20. The van der Waals surface area contributed by atoms with Crippen molar-refractivity contribution in [1.29, 1.82) is 0 Å². The molecule has 2 amide bonds. The molecule has 3 heterocycles. The lowest BCUT2D eigenvalue weighted by atomic mass is 10.1. The van der Waals surface area contributed by atoms with Gasteiger partial charge >= 0.3 is 0 Å². The van der Waals surface area contributed by atoms with E-state index >= 15 is 0 Å². The number of hydrogen-bond donors (Lipinski definition) is 1. The summed E-state index contributed by atoms with van der Waals surface area (Å²) in [6.45, 7) is 1.68. The molecule has 9 heteroatoms. The van der Waals surface area contributed by atoms with Crippen LogP contribution in [0.2, 0.25) is 0 Å². The molecule has 2 aliphatic heterocycles. The minimum absolute atomic E-state index is 0.152. The molecule has 0 bridgehead atoms. The Labute approximate surface area is 167 Å². The fraction of sp³-hybridized carbons (Fsp3) is 0.350. The Morgan fingerprint density at radius 1 is 1.17 bits per heavy atom. The summed E-state index contributed by atoms with van der Waals surface area (Å²) >= 11 is 0. The van der Waals surface area contributed by atoms with Crippen LogP contribution in [-0.2, 0) is 17.8 Å². The first kappa shape index (κ1) is 19.0. The smallest absolute Gasteiger partial charge is 0.277 e. The zero-order valence-electron chi connectivity index (χ0n) is 16.3. The molecule has 0 spiro atoms. The highest BCUT2D eigenvalue weighted by molar-refractivity contribution is 5.99. The summed E-state index contributed by atoms with van der Waals surface area (Å²) in [6, 6.07) is 7.70. The Hall–Kier alpha value is -3.33. The fourth-order valence-corrected chi connectivity index (χ4v) is 3.76. The molecule has 2 aromatic rings. The lowest BCUT2D eigenvalue weighted by Gasteiger charge is -2.37. The summed E-state index contributed by atoms with van der Waals surface area (Å²) in [4.78, 5) is 41.6. The van der Waals surface area contributed by atoms with Gasteiger partial charge in [-0.2, -0.15) is 0 Å². The molecular formula is C20H22N4O5. The molecule has 0 unspecified atom stereocenters. The molecule has 1 aromatic carbocycles. The predicted octanol–water partition coefficient (Wildman–Crippen LogP) is 0.337. The highest BCUT2D eigenvalue weighted by atomic mass is 16.5. The number of amides is 2. The number of benzene rings is 1. The standard InChI is InChI=1S/C20H22N4O5/c1-21-12-22(7-8-29-2)20(28)16-18(26)17(25)15(11-24(16)21)19(27)23-9-13-5-3-4-6-14(13)10-23/h3-6,11,26H,7-10,12H2,1-2H3. The van der Waals surface area contributed by atoms with E-state index in [9.17, 15) is 19.5 Å². The van der Waals surface area contributed by atoms with Crippen molar-refractivity contribution < 1.29 is 19.4 Å². The van der Waals surface area contributed by atoms with Gasteiger partial charge in [-0.15, -0.1) is 0 Å². The molecule has 152 valence electrons. The number of nitrogens with zero attached hydrogens (tertiary/aromatic N) is 4. The van der Waals surface area contributed by atoms with Crippen LogP contribution in [0.1, 0.15) is 32.0 Å². The third kappa shape index (κ3) is 3.13. The quantitative estimate of drug-likeness (QED) is 0.798. The SMILES string of the molecule is COCCN1CN(C)n2cc(C(=O)N3Cc4ccccc4C3)c(=O)c(O)c2C1=O. The van der Waals surface area contributed by atoms with Gasteiger partial charge in [0.25, 0.3) is 11.8 Å². The second kappa shape index (κ2) is 7.25. The monoisotopic (exact) mass is 398 g/mol. The molecule has 0 saturated carbocycles. The van der Waals surface area contributed by atoms with Crippen LogP contribution in [0.5, 0.6) is 5.75 Å². The minimum Gasteiger partial charge on any atom is -0.502 e. The van der Waals surface area contributed by atoms with E-state index in [0.29, 0.717) is 26.2 Å². The van der Waals surface area contributed by atoms with Crippen molar-refractivity contribution in [3.8, 4) is 5.75 Å². The maximum Gasteiger partial charge on any atom is 0.277 e. The van der Waals surface area contributed by atoms with Gasteiger partial charge in [-0.1, -0.05) is 24.3 Å². The summed E-state index contributed by atoms with van der Waals surface area (Å²) in [7, 11) is 3.24. The lowest BCUT2D eigenvalue weighted by Crippen LogP contribution is -2.53. The van der Waals surface area contributed by atoms with E-state index in [-0.39, 0.29) is 17.9 Å². The maximum absolute atomic E-state index is 13.0. The highest BCUT2D eigenvalue weighted by Crippen LogP contribution is 2.25. The lowest BCUT2D eigenvalue weighted by molar-refractivity contribution is 0.0626. The van der Waals surface area contributed by atoms with Crippen LogP contribution in [-0.4, -0.2) is 65.4 Å². The first-order chi connectivity index (χ1) is 13.9. The summed E-state index contributed by atoms with van der Waals surface area (Å²) in [5.74, 6) is -1.67. The van der Waals surface area contributed by atoms with Gasteiger partial charge < -0.3 is 19.6 Å². The van der Waals surface area contributed by atoms with Crippen molar-refractivity contribution in [2.24, 2.45) is 0 Å². The van der Waals surface area contributed by atoms with Gasteiger partial charge in [0.15, 0.2) is 11.4 Å². The number of fused-ring (bicyclic) bond motifs is 2. The summed E-state index contributed by atoms with van der Waals surface area (Å²) in [6.07, 6.45) is 1.34. The molecule has 0 radical (unpaired) electrons. The van der Waals surface area contributed by atoms with Gasteiger partial charge in [0, 0.05) is 40.0 Å². The Bertz CT molecular complexity index is 1020. The molecule has 2 aliphatic rings. The topological polar surface area (TPSA) is 95.3 Å². The number of carbonyl (C=O) groups is 2. The average molecular weight is 398 g/mol. The van der Waals surface area contributed by atoms with Crippen LogP contribution in [0.3, 0.4) is 0 Å². The Kier molecular flexibility index (Phi) is 4.75. The third-order valence-corrected chi connectivity index (χ3v) is 5.32. The maximum atomic E-state index is 13.0. The van der Waals surface area contributed by atoms with Crippen molar-refractivity contribution in [3.63, 3.8) is 0 Å². The molecule has 4 rings (SSSR count). The van der Waals surface area contributed by atoms with Gasteiger partial charge in [-0.05, 0) is 11.1 Å². The van der Waals surface area contributed by atoms with Crippen LogP contribution in [0.25, 0.3) is 0 Å². The van der Waals surface area contributed by atoms with E-state index < -0.39 is 23.0 Å². The average Bonchev–Trinajstić information content (AvgIpc) is 3.15. The van der Waals surface area contributed by atoms with E-state index in [0.717, 1.165) is 11.1 Å². The molecule has 0 saturated heterocycles. The molecular weight excluding hydrogens is 376 g/mol. The van der Waals surface area contributed by atoms with E-state index in [1.165, 1.54) is 22.9 Å². The normalized spacial score (nSPS) is 15.5. The number of hydrogen-bond acceptors (Lipinski definition) is 6. The minimum atomic E-state index is -0.840. The van der Waals surface area contributed by atoms with Gasteiger partial charge in [-0.3, -0.25) is 24.1 Å². The van der Waals surface area contributed by atoms with Gasteiger partial charge in [0.1, 0.15) is 12.2 Å². The number of pyridine rings is 1. The van der Waals surface area contributed by atoms with Crippen molar-refractivity contribution in [1.82, 2.24) is 14.5 Å². The van der Waals surface area contributed by atoms with E-state index in [1.807, 2.05) is 24.3 Å². The summed E-state index contributed by atoms with van der Waals surface area (Å²) < 4.78 is 6.38. The molecule has 0 fully saturated rings. The Balaban J connectivity index is 1.69. The number of aromatic hydroxyl groups is 1. The molecule has 1 aromatic heterocycles. The molecule has 0 atom stereocenters. The molecule has 9 nitrogen and oxygen atoms in total. The zero-order valence-corrected chi connectivity index (χ0v) is 16.3. The Morgan fingerprint density at radius 3 is 2.45 bits per heavy atom. The summed E-state index contributed by atoms with van der Waals surface area (Å²) in [5, 5.41) is 12.2. The van der Waals surface area contributed by atoms with Gasteiger partial charge in [-0.25, -0.2) is 0 Å². The van der Waals surface area contributed by atoms with Crippen LogP contribution in [0.15, 0.2) is 35.3 Å². The van der Waals surface area contributed by atoms with Crippen LogP contribution in [0, 0.1) is 0 Å². The predicted molar refractivity (Wildman–Crippen MR) is 104 cm³/mol. The fourth-order valence-electron chi connectivity index (χ4n) is 3.76. The summed E-state index contributed by atoms with van der Waals surface area (Å²) in [5.41, 5.74) is 0.908. The number of methoxy groups -OCH3 is 1.